The fourth-order valence-electron chi connectivity index (χ4n) is 0. The minimum atomic E-state index is -3.08. The average molecular weight is 194 g/mol. The van der Waals surface area contributed by atoms with E-state index < -0.39 is 17.0 Å². The van der Waals surface area contributed by atoms with Crippen LogP contribution in [0, 0.1) is 0 Å². The molecule has 0 aromatic rings. The summed E-state index contributed by atoms with van der Waals surface area (Å²) in [5.41, 5.74) is 0. The van der Waals surface area contributed by atoms with Gasteiger partial charge in [0.05, 0.1) is 0 Å². The van der Waals surface area contributed by atoms with Crippen LogP contribution in [-0.4, -0.2) is 17.3 Å². The average Bonchev–Trinajstić information content (AvgIpc) is 0.811. The van der Waals surface area contributed by atoms with Crippen molar-refractivity contribution in [2.45, 2.75) is 0 Å². The molecular weight excluding hydrogens is 190 g/mol. The molecule has 0 heterocycles. The van der Waals surface area contributed by atoms with Crippen molar-refractivity contribution in [2.75, 3.05) is 0 Å². The molecule has 0 amide bonds. The summed E-state index contributed by atoms with van der Waals surface area (Å²) in [5.74, 6) is 0. The molecule has 4 nitrogen and oxygen atoms in total. The van der Waals surface area contributed by atoms with Gasteiger partial charge in [-0.2, -0.15) is 0 Å². The van der Waals surface area contributed by atoms with Crippen LogP contribution in [-0.2, 0) is 17.0 Å². The van der Waals surface area contributed by atoms with Gasteiger partial charge in [0.2, 0.25) is 0 Å². The van der Waals surface area contributed by atoms with Crippen molar-refractivity contribution in [3.63, 3.8) is 0 Å². The second-order valence-electron chi connectivity index (χ2n) is 0.200. The standard InChI is InChI=1S/Na.4H2O.Rh/h;4*1H2;/q+1;;;;;+3/p-4. The fraction of sp³-hybridized carbons (Fsp3) is 0. The summed E-state index contributed by atoms with van der Waals surface area (Å²) in [5, 5.41) is 0. The number of rotatable bonds is 0. The molecule has 0 aliphatic heterocycles. The first-order valence-electron chi connectivity index (χ1n) is 0.447. The molecule has 0 fully saturated rings. The van der Waals surface area contributed by atoms with E-state index in [1.54, 1.807) is 0 Å². The van der Waals surface area contributed by atoms with Crippen molar-refractivity contribution < 1.29 is 63.9 Å². The van der Waals surface area contributed by atoms with Gasteiger partial charge in [-0.1, -0.05) is 0 Å². The monoisotopic (exact) mass is 194 g/mol. The van der Waals surface area contributed by atoms with Crippen molar-refractivity contribution in [1.82, 2.24) is 0 Å². The third-order valence-corrected chi connectivity index (χ3v) is 0. The Morgan fingerprint density at radius 1 is 1.00 bits per heavy atom. The summed E-state index contributed by atoms with van der Waals surface area (Å²) in [7, 11) is 0. The van der Waals surface area contributed by atoms with Gasteiger partial charge in [-0.25, -0.2) is 0 Å². The van der Waals surface area contributed by atoms with E-state index in [0.717, 1.165) is 0 Å². The Balaban J connectivity index is -0.0000000450. The van der Waals surface area contributed by atoms with Crippen molar-refractivity contribution in [2.24, 2.45) is 0 Å². The molecule has 6 heavy (non-hydrogen) atoms. The van der Waals surface area contributed by atoms with Crippen LogP contribution < -0.4 is 29.6 Å². The predicted molar refractivity (Wildman–Crippen MR) is 8.59 cm³/mol. The van der Waals surface area contributed by atoms with E-state index in [4.69, 9.17) is 11.8 Å². The predicted octanol–water partition coefficient (Wildman–Crippen LogP) is -4.85. The summed E-state index contributed by atoms with van der Waals surface area (Å²) in [6, 6.07) is 0. The van der Waals surface area contributed by atoms with Gasteiger partial charge in [0.1, 0.15) is 0 Å². The third-order valence-electron chi connectivity index (χ3n) is 0. The topological polar surface area (TPSA) is 90.7 Å². The molecule has 0 aromatic heterocycles. The van der Waals surface area contributed by atoms with Gasteiger partial charge < -0.3 is 5.48 Å². The molecule has 38 valence electrons. The maximum atomic E-state index is 7.30. The van der Waals surface area contributed by atoms with Crippen LogP contribution in [0.25, 0.3) is 0 Å². The van der Waals surface area contributed by atoms with Crippen LogP contribution in [0.3, 0.4) is 0 Å². The minimum absolute atomic E-state index is 0. The van der Waals surface area contributed by atoms with E-state index in [1.807, 2.05) is 0 Å². The molecule has 0 saturated heterocycles. The Bertz CT molecular complexity index is 12.3. The van der Waals surface area contributed by atoms with E-state index in [-0.39, 0.29) is 35.0 Å². The molecule has 0 bridgehead atoms. The van der Waals surface area contributed by atoms with Gasteiger partial charge in [-0.3, -0.25) is 0 Å². The van der Waals surface area contributed by atoms with E-state index in [9.17, 15) is 0 Å². The van der Waals surface area contributed by atoms with Gasteiger partial charge in [0.25, 0.3) is 0 Å². The molecule has 0 unspecified atom stereocenters. The molecule has 0 aliphatic carbocycles. The SMILES string of the molecule is [Na+].[OH-].[OH][Rh]([OH])[OH]. The van der Waals surface area contributed by atoms with Crippen LogP contribution in [0.1, 0.15) is 0 Å². The van der Waals surface area contributed by atoms with Crippen molar-refractivity contribution in [1.29, 1.82) is 0 Å². The molecule has 0 spiro atoms. The Morgan fingerprint density at radius 3 is 1.00 bits per heavy atom. The normalized spacial score (nSPS) is 7.50. The quantitative estimate of drug-likeness (QED) is 0.337. The van der Waals surface area contributed by atoms with Crippen molar-refractivity contribution in [3.05, 3.63) is 0 Å². The third kappa shape index (κ3) is 50.8. The van der Waals surface area contributed by atoms with E-state index in [2.05, 4.69) is 0 Å². The Kier molecular flexibility index (Phi) is 25.3. The van der Waals surface area contributed by atoms with E-state index in [0.29, 0.717) is 0 Å². The molecule has 0 aromatic carbocycles. The molecule has 0 atom stereocenters. The first-order valence-corrected chi connectivity index (χ1v) is 2.65. The zero-order valence-electron chi connectivity index (χ0n) is 3.12. The first-order chi connectivity index (χ1) is 1.73. The Morgan fingerprint density at radius 2 is 1.00 bits per heavy atom. The van der Waals surface area contributed by atoms with Crippen LogP contribution in [0.2, 0.25) is 0 Å². The van der Waals surface area contributed by atoms with E-state index >= 15 is 0 Å². The summed E-state index contributed by atoms with van der Waals surface area (Å²) < 4.78 is 21.9. The van der Waals surface area contributed by atoms with Gasteiger partial charge in [-0.15, -0.1) is 0 Å². The van der Waals surface area contributed by atoms with Crippen molar-refractivity contribution in [3.8, 4) is 0 Å². The number of hydrogen-bond acceptors (Lipinski definition) is 4. The van der Waals surface area contributed by atoms with Crippen molar-refractivity contribution >= 4 is 0 Å². The molecule has 0 saturated carbocycles. The Hall–Kier alpha value is 1.46. The summed E-state index contributed by atoms with van der Waals surface area (Å²) in [4.78, 5) is 0. The molecular formula is H4NaO4Rh. The Labute approximate surface area is 63.5 Å². The van der Waals surface area contributed by atoms with Gasteiger partial charge in [0, 0.05) is 0 Å². The van der Waals surface area contributed by atoms with E-state index in [1.165, 1.54) is 0 Å². The second kappa shape index (κ2) is 9.68. The molecule has 0 rings (SSSR count). The van der Waals surface area contributed by atoms with Gasteiger partial charge in [0.15, 0.2) is 0 Å². The van der Waals surface area contributed by atoms with Crippen LogP contribution in [0.4, 0.5) is 0 Å². The van der Waals surface area contributed by atoms with Gasteiger partial charge in [-0.05, 0) is 0 Å². The van der Waals surface area contributed by atoms with Gasteiger partial charge >= 0.3 is 58.4 Å². The zero-order chi connectivity index (χ0) is 3.58. The maximum absolute atomic E-state index is 7.30. The molecule has 0 radical (unpaired) electrons. The molecule has 0 aliphatic rings. The van der Waals surface area contributed by atoms with Crippen LogP contribution >= 0.6 is 0 Å². The molecule has 4 N–H and O–H groups in total. The summed E-state index contributed by atoms with van der Waals surface area (Å²) >= 11 is -3.08. The fourth-order valence-corrected chi connectivity index (χ4v) is 0. The summed E-state index contributed by atoms with van der Waals surface area (Å²) in [6.07, 6.45) is 0. The first kappa shape index (κ1) is 15.7. The van der Waals surface area contributed by atoms with Crippen LogP contribution in [0.5, 0.6) is 0 Å². The number of hydrogen-bond donors (Lipinski definition) is 3. The zero-order valence-corrected chi connectivity index (χ0v) is 6.76. The summed E-state index contributed by atoms with van der Waals surface area (Å²) in [6.45, 7) is 0. The second-order valence-corrected chi connectivity index (χ2v) is 1.18. The van der Waals surface area contributed by atoms with Crippen LogP contribution in [0.15, 0.2) is 0 Å². The molecule has 6 heteroatoms.